The SMILES string of the molecule is COc1ccc(C(C)NC2CCC2)cc1OC. The molecule has 1 fully saturated rings. The van der Waals surface area contributed by atoms with Gasteiger partial charge in [-0.25, -0.2) is 0 Å². The van der Waals surface area contributed by atoms with Crippen molar-refractivity contribution in [3.8, 4) is 11.5 Å². The number of ether oxygens (including phenoxy) is 2. The third-order valence-electron chi connectivity index (χ3n) is 3.50. The Kier molecular flexibility index (Phi) is 3.89. The van der Waals surface area contributed by atoms with Crippen molar-refractivity contribution in [1.29, 1.82) is 0 Å². The number of hydrogen-bond donors (Lipinski definition) is 1. The standard InChI is InChI=1S/C14H21NO2/c1-10(15-12-5-4-6-12)11-7-8-13(16-2)14(9-11)17-3/h7-10,12,15H,4-6H2,1-3H3. The van der Waals surface area contributed by atoms with Gasteiger partial charge >= 0.3 is 0 Å². The van der Waals surface area contributed by atoms with Crippen molar-refractivity contribution in [3.05, 3.63) is 23.8 Å². The van der Waals surface area contributed by atoms with Gasteiger partial charge in [-0.2, -0.15) is 0 Å². The molecule has 0 spiro atoms. The Morgan fingerprint density at radius 3 is 2.41 bits per heavy atom. The molecule has 1 N–H and O–H groups in total. The molecule has 0 radical (unpaired) electrons. The van der Waals surface area contributed by atoms with Crippen molar-refractivity contribution < 1.29 is 9.47 Å². The summed E-state index contributed by atoms with van der Waals surface area (Å²) in [7, 11) is 3.33. The van der Waals surface area contributed by atoms with Crippen molar-refractivity contribution in [2.75, 3.05) is 14.2 Å². The lowest BCUT2D eigenvalue weighted by Gasteiger charge is -2.30. The maximum atomic E-state index is 5.32. The zero-order valence-electron chi connectivity index (χ0n) is 10.8. The van der Waals surface area contributed by atoms with E-state index in [0.29, 0.717) is 12.1 Å². The molecule has 94 valence electrons. The van der Waals surface area contributed by atoms with E-state index in [9.17, 15) is 0 Å². The topological polar surface area (TPSA) is 30.5 Å². The third kappa shape index (κ3) is 2.72. The molecule has 0 aromatic heterocycles. The summed E-state index contributed by atoms with van der Waals surface area (Å²) in [6, 6.07) is 7.16. The number of nitrogens with one attached hydrogen (secondary N) is 1. The molecule has 1 aliphatic rings. The van der Waals surface area contributed by atoms with Gasteiger partial charge in [-0.1, -0.05) is 12.5 Å². The molecule has 0 amide bonds. The van der Waals surface area contributed by atoms with Crippen LogP contribution in [0, 0.1) is 0 Å². The predicted molar refractivity (Wildman–Crippen MR) is 68.7 cm³/mol. The van der Waals surface area contributed by atoms with Crippen molar-refractivity contribution >= 4 is 0 Å². The van der Waals surface area contributed by atoms with Gasteiger partial charge in [0.05, 0.1) is 14.2 Å². The van der Waals surface area contributed by atoms with Gasteiger partial charge in [0.1, 0.15) is 0 Å². The first-order chi connectivity index (χ1) is 8.24. The van der Waals surface area contributed by atoms with E-state index in [-0.39, 0.29) is 0 Å². The Balaban J connectivity index is 2.08. The highest BCUT2D eigenvalue weighted by Crippen LogP contribution is 2.31. The molecule has 0 aliphatic heterocycles. The molecule has 1 saturated carbocycles. The van der Waals surface area contributed by atoms with Gasteiger partial charge in [-0.05, 0) is 37.5 Å². The van der Waals surface area contributed by atoms with Crippen molar-refractivity contribution in [1.82, 2.24) is 5.32 Å². The largest absolute Gasteiger partial charge is 0.493 e. The van der Waals surface area contributed by atoms with Crippen molar-refractivity contribution in [2.45, 2.75) is 38.3 Å². The van der Waals surface area contributed by atoms with Crippen LogP contribution in [0.3, 0.4) is 0 Å². The minimum atomic E-state index is 0.361. The second-order valence-corrected chi connectivity index (χ2v) is 4.63. The molecule has 3 nitrogen and oxygen atoms in total. The minimum absolute atomic E-state index is 0.361. The normalized spacial score (nSPS) is 17.4. The van der Waals surface area contributed by atoms with Gasteiger partial charge < -0.3 is 14.8 Å². The van der Waals surface area contributed by atoms with Crippen molar-refractivity contribution in [3.63, 3.8) is 0 Å². The van der Waals surface area contributed by atoms with E-state index in [4.69, 9.17) is 9.47 Å². The van der Waals surface area contributed by atoms with Crippen LogP contribution >= 0.6 is 0 Å². The molecule has 1 aromatic carbocycles. The van der Waals surface area contributed by atoms with Gasteiger partial charge in [0, 0.05) is 12.1 Å². The maximum Gasteiger partial charge on any atom is 0.161 e. The van der Waals surface area contributed by atoms with Crippen LogP contribution in [-0.2, 0) is 0 Å². The van der Waals surface area contributed by atoms with Crippen LogP contribution in [0.25, 0.3) is 0 Å². The van der Waals surface area contributed by atoms with Gasteiger partial charge in [-0.15, -0.1) is 0 Å². The summed E-state index contributed by atoms with van der Waals surface area (Å²) >= 11 is 0. The quantitative estimate of drug-likeness (QED) is 0.851. The molecule has 0 bridgehead atoms. The highest BCUT2D eigenvalue weighted by atomic mass is 16.5. The Morgan fingerprint density at radius 1 is 1.18 bits per heavy atom. The van der Waals surface area contributed by atoms with Crippen LogP contribution in [0.5, 0.6) is 11.5 Å². The highest BCUT2D eigenvalue weighted by molar-refractivity contribution is 5.43. The maximum absolute atomic E-state index is 5.32. The molecule has 1 atom stereocenters. The fourth-order valence-electron chi connectivity index (χ4n) is 2.15. The first kappa shape index (κ1) is 12.2. The minimum Gasteiger partial charge on any atom is -0.493 e. The van der Waals surface area contributed by atoms with Crippen LogP contribution in [-0.4, -0.2) is 20.3 Å². The zero-order chi connectivity index (χ0) is 12.3. The average molecular weight is 235 g/mol. The molecule has 3 heteroatoms. The fourth-order valence-corrected chi connectivity index (χ4v) is 2.15. The van der Waals surface area contributed by atoms with Gasteiger partial charge in [0.15, 0.2) is 11.5 Å². The zero-order valence-corrected chi connectivity index (χ0v) is 10.8. The first-order valence-corrected chi connectivity index (χ1v) is 6.22. The second kappa shape index (κ2) is 5.41. The van der Waals surface area contributed by atoms with E-state index in [0.717, 1.165) is 11.5 Å². The first-order valence-electron chi connectivity index (χ1n) is 6.22. The van der Waals surface area contributed by atoms with Gasteiger partial charge in [-0.3, -0.25) is 0 Å². The molecule has 1 unspecified atom stereocenters. The van der Waals surface area contributed by atoms with E-state index in [1.165, 1.54) is 24.8 Å². The molecule has 0 heterocycles. The summed E-state index contributed by atoms with van der Waals surface area (Å²) in [5.74, 6) is 1.58. The average Bonchev–Trinajstić information content (AvgIpc) is 2.32. The number of hydrogen-bond acceptors (Lipinski definition) is 3. The third-order valence-corrected chi connectivity index (χ3v) is 3.50. The molecule has 0 saturated heterocycles. The Hall–Kier alpha value is -1.22. The van der Waals surface area contributed by atoms with Crippen LogP contribution in [0.4, 0.5) is 0 Å². The number of benzene rings is 1. The molecular weight excluding hydrogens is 214 g/mol. The van der Waals surface area contributed by atoms with Crippen molar-refractivity contribution in [2.24, 2.45) is 0 Å². The molecule has 17 heavy (non-hydrogen) atoms. The lowest BCUT2D eigenvalue weighted by Crippen LogP contribution is -2.36. The molecule has 2 rings (SSSR count). The van der Waals surface area contributed by atoms with Crippen LogP contribution < -0.4 is 14.8 Å². The summed E-state index contributed by atoms with van der Waals surface area (Å²) < 4.78 is 10.6. The number of methoxy groups -OCH3 is 2. The molecular formula is C14H21NO2. The Labute approximate surface area is 103 Å². The molecule has 1 aliphatic carbocycles. The van der Waals surface area contributed by atoms with Crippen LogP contribution in [0.15, 0.2) is 18.2 Å². The smallest absolute Gasteiger partial charge is 0.161 e. The Bertz CT molecular complexity index is 374. The lowest BCUT2D eigenvalue weighted by molar-refractivity contribution is 0.312. The van der Waals surface area contributed by atoms with Crippen LogP contribution in [0.2, 0.25) is 0 Å². The summed E-state index contributed by atoms with van der Waals surface area (Å²) in [5, 5.41) is 3.63. The predicted octanol–water partition coefficient (Wildman–Crippen LogP) is 2.91. The summed E-state index contributed by atoms with van der Waals surface area (Å²) in [6.45, 7) is 2.19. The summed E-state index contributed by atoms with van der Waals surface area (Å²) in [5.41, 5.74) is 1.24. The van der Waals surface area contributed by atoms with Gasteiger partial charge in [0.2, 0.25) is 0 Å². The van der Waals surface area contributed by atoms with E-state index < -0.39 is 0 Å². The lowest BCUT2D eigenvalue weighted by atomic mass is 9.92. The number of rotatable bonds is 5. The van der Waals surface area contributed by atoms with E-state index in [1.54, 1.807) is 14.2 Å². The van der Waals surface area contributed by atoms with E-state index in [1.807, 2.05) is 6.07 Å². The van der Waals surface area contributed by atoms with Crippen LogP contribution in [0.1, 0.15) is 37.8 Å². The van der Waals surface area contributed by atoms with Gasteiger partial charge in [0.25, 0.3) is 0 Å². The fraction of sp³-hybridized carbons (Fsp3) is 0.571. The monoisotopic (exact) mass is 235 g/mol. The molecule has 1 aromatic rings. The summed E-state index contributed by atoms with van der Waals surface area (Å²) in [6.07, 6.45) is 3.96. The second-order valence-electron chi connectivity index (χ2n) is 4.63. The highest BCUT2D eigenvalue weighted by Gasteiger charge is 2.20. The Morgan fingerprint density at radius 2 is 1.88 bits per heavy atom. The van der Waals surface area contributed by atoms with E-state index >= 15 is 0 Å². The van der Waals surface area contributed by atoms with E-state index in [2.05, 4.69) is 24.4 Å². The summed E-state index contributed by atoms with van der Waals surface area (Å²) in [4.78, 5) is 0.